The summed E-state index contributed by atoms with van der Waals surface area (Å²) in [5.74, 6) is 0. The number of benzene rings is 1. The highest BCUT2D eigenvalue weighted by Crippen LogP contribution is 2.22. The van der Waals surface area contributed by atoms with Gasteiger partial charge in [-0.3, -0.25) is 0 Å². The Morgan fingerprint density at radius 3 is 2.40 bits per heavy atom. The predicted molar refractivity (Wildman–Crippen MR) is 64.5 cm³/mol. The van der Waals surface area contributed by atoms with E-state index in [2.05, 4.69) is 44.3 Å². The lowest BCUT2D eigenvalue weighted by molar-refractivity contribution is 0.469. The van der Waals surface area contributed by atoms with E-state index >= 15 is 0 Å². The van der Waals surface area contributed by atoms with E-state index < -0.39 is 0 Å². The van der Waals surface area contributed by atoms with E-state index in [1.165, 1.54) is 10.5 Å². The van der Waals surface area contributed by atoms with Gasteiger partial charge < -0.3 is 4.90 Å². The highest BCUT2D eigenvalue weighted by Gasteiger charge is 2.00. The molecule has 15 heavy (non-hydrogen) atoms. The molecule has 2 nitrogen and oxygen atoms in total. The molecular formula is C12H16N2S. The number of hydrogen-bond acceptors (Lipinski definition) is 3. The van der Waals surface area contributed by atoms with Crippen LogP contribution in [0, 0.1) is 11.5 Å². The molecule has 1 rings (SSSR count). The lowest BCUT2D eigenvalue weighted by atomic mass is 10.2. The van der Waals surface area contributed by atoms with Crippen molar-refractivity contribution >= 4 is 11.8 Å². The largest absolute Gasteiger partial charge is 0.309 e. The number of rotatable bonds is 4. The summed E-state index contributed by atoms with van der Waals surface area (Å²) < 4.78 is 0. The van der Waals surface area contributed by atoms with Crippen molar-refractivity contribution in [2.24, 2.45) is 0 Å². The molecule has 0 atom stereocenters. The van der Waals surface area contributed by atoms with Gasteiger partial charge in [-0.05, 0) is 17.7 Å². The normalized spacial score (nSPS) is 10.1. The molecular weight excluding hydrogens is 204 g/mol. The summed E-state index contributed by atoms with van der Waals surface area (Å²) in [5.41, 5.74) is 1.17. The first-order valence-electron chi connectivity index (χ1n) is 4.98. The van der Waals surface area contributed by atoms with Crippen LogP contribution in [0.4, 0.5) is 0 Å². The van der Waals surface area contributed by atoms with Crippen LogP contribution >= 0.6 is 11.8 Å². The predicted octanol–water partition coefficient (Wildman–Crippen LogP) is 3.10. The summed E-state index contributed by atoms with van der Waals surface area (Å²) in [7, 11) is 1.79. The van der Waals surface area contributed by atoms with Gasteiger partial charge in [0.25, 0.3) is 0 Å². The monoisotopic (exact) mass is 220 g/mol. The Labute approximate surface area is 95.9 Å². The van der Waals surface area contributed by atoms with Crippen molar-refractivity contribution < 1.29 is 0 Å². The van der Waals surface area contributed by atoms with Crippen LogP contribution in [-0.4, -0.2) is 17.2 Å². The Balaban J connectivity index is 2.61. The first kappa shape index (κ1) is 11.9. The van der Waals surface area contributed by atoms with Crippen LogP contribution < -0.4 is 0 Å². The fraction of sp³-hybridized carbons (Fsp3) is 0.417. The summed E-state index contributed by atoms with van der Waals surface area (Å²) in [5, 5.41) is 9.25. The number of nitrogens with zero attached hydrogens (tertiary/aromatic N) is 2. The van der Waals surface area contributed by atoms with Gasteiger partial charge in [0.1, 0.15) is 0 Å². The zero-order valence-corrected chi connectivity index (χ0v) is 10.2. The van der Waals surface area contributed by atoms with E-state index in [9.17, 15) is 0 Å². The molecule has 0 amide bonds. The summed E-state index contributed by atoms with van der Waals surface area (Å²) in [6.07, 6.45) is 2.09. The van der Waals surface area contributed by atoms with Crippen molar-refractivity contribution in [3.8, 4) is 6.19 Å². The first-order valence-corrected chi connectivity index (χ1v) is 5.86. The third kappa shape index (κ3) is 4.26. The van der Waals surface area contributed by atoms with Crippen LogP contribution in [0.3, 0.4) is 0 Å². The molecule has 0 unspecified atom stereocenters. The molecule has 80 valence electrons. The first-order chi connectivity index (χ1) is 7.11. The second kappa shape index (κ2) is 5.67. The van der Waals surface area contributed by atoms with Crippen molar-refractivity contribution in [2.75, 3.05) is 7.05 Å². The molecule has 1 aromatic rings. The van der Waals surface area contributed by atoms with Crippen LogP contribution in [0.1, 0.15) is 19.4 Å². The minimum Gasteiger partial charge on any atom is -0.309 e. The maximum atomic E-state index is 8.64. The van der Waals surface area contributed by atoms with Gasteiger partial charge in [0.2, 0.25) is 0 Å². The van der Waals surface area contributed by atoms with Crippen molar-refractivity contribution in [1.82, 2.24) is 4.90 Å². The van der Waals surface area contributed by atoms with Crippen molar-refractivity contribution in [2.45, 2.75) is 30.5 Å². The van der Waals surface area contributed by atoms with Crippen LogP contribution in [0.5, 0.6) is 0 Å². The van der Waals surface area contributed by atoms with Gasteiger partial charge in [0.15, 0.2) is 6.19 Å². The number of thioether (sulfide) groups is 1. The summed E-state index contributed by atoms with van der Waals surface area (Å²) >= 11 is 1.85. The third-order valence-corrected chi connectivity index (χ3v) is 2.90. The lowest BCUT2D eigenvalue weighted by Crippen LogP contribution is -2.09. The fourth-order valence-electron chi connectivity index (χ4n) is 1.25. The van der Waals surface area contributed by atoms with Gasteiger partial charge in [-0.15, -0.1) is 11.8 Å². The molecule has 3 heteroatoms. The maximum absolute atomic E-state index is 8.64. The molecule has 0 bridgehead atoms. The Bertz CT molecular complexity index is 338. The molecule has 0 saturated carbocycles. The molecule has 0 aromatic heterocycles. The molecule has 0 spiro atoms. The Morgan fingerprint density at radius 1 is 1.33 bits per heavy atom. The quantitative estimate of drug-likeness (QED) is 0.443. The van der Waals surface area contributed by atoms with Crippen LogP contribution in [0.15, 0.2) is 29.2 Å². The van der Waals surface area contributed by atoms with Crippen LogP contribution in [0.2, 0.25) is 0 Å². The number of nitriles is 1. The average molecular weight is 220 g/mol. The molecule has 0 saturated heterocycles. The fourth-order valence-corrected chi connectivity index (χ4v) is 2.09. The van der Waals surface area contributed by atoms with E-state index in [0.717, 1.165) is 0 Å². The zero-order chi connectivity index (χ0) is 11.3. The molecule has 0 fully saturated rings. The van der Waals surface area contributed by atoms with E-state index in [-0.39, 0.29) is 0 Å². The summed E-state index contributed by atoms with van der Waals surface area (Å²) in [6.45, 7) is 5.05. The summed E-state index contributed by atoms with van der Waals surface area (Å²) in [4.78, 5) is 2.90. The molecule has 0 aliphatic carbocycles. The average Bonchev–Trinajstić information content (AvgIpc) is 2.20. The van der Waals surface area contributed by atoms with Gasteiger partial charge in [-0.1, -0.05) is 26.0 Å². The second-order valence-electron chi connectivity index (χ2n) is 3.77. The maximum Gasteiger partial charge on any atom is 0.179 e. The van der Waals surface area contributed by atoms with E-state index in [1.54, 1.807) is 11.9 Å². The van der Waals surface area contributed by atoms with Crippen LogP contribution in [0.25, 0.3) is 0 Å². The summed E-state index contributed by atoms with van der Waals surface area (Å²) in [6, 6.07) is 8.40. The topological polar surface area (TPSA) is 27.0 Å². The molecule has 0 heterocycles. The van der Waals surface area contributed by atoms with Gasteiger partial charge in [-0.2, -0.15) is 5.26 Å². The van der Waals surface area contributed by atoms with Crippen molar-refractivity contribution in [3.63, 3.8) is 0 Å². The third-order valence-electron chi connectivity index (χ3n) is 1.89. The van der Waals surface area contributed by atoms with Gasteiger partial charge >= 0.3 is 0 Å². The minimum absolute atomic E-state index is 0.609. The molecule has 0 aliphatic heterocycles. The standard InChI is InChI=1S/C12H16N2S/c1-10(2)15-12-6-4-11(5-7-12)8-14(3)9-13/h4-7,10H,8H2,1-3H3. The van der Waals surface area contributed by atoms with E-state index in [1.807, 2.05) is 11.8 Å². The molecule has 0 aliphatic rings. The van der Waals surface area contributed by atoms with Gasteiger partial charge in [0, 0.05) is 17.2 Å². The number of hydrogen-bond donors (Lipinski definition) is 0. The zero-order valence-electron chi connectivity index (χ0n) is 9.40. The Kier molecular flexibility index (Phi) is 4.51. The Morgan fingerprint density at radius 2 is 1.93 bits per heavy atom. The molecule has 1 aromatic carbocycles. The molecule has 0 N–H and O–H groups in total. The van der Waals surface area contributed by atoms with E-state index in [0.29, 0.717) is 11.8 Å². The SMILES string of the molecule is CC(C)Sc1ccc(CN(C)C#N)cc1. The van der Waals surface area contributed by atoms with E-state index in [4.69, 9.17) is 5.26 Å². The smallest absolute Gasteiger partial charge is 0.179 e. The van der Waals surface area contributed by atoms with Gasteiger partial charge in [0.05, 0.1) is 6.54 Å². The highest BCUT2D eigenvalue weighted by atomic mass is 32.2. The second-order valence-corrected chi connectivity index (χ2v) is 5.42. The highest BCUT2D eigenvalue weighted by molar-refractivity contribution is 7.99. The minimum atomic E-state index is 0.609. The lowest BCUT2D eigenvalue weighted by Gasteiger charge is -2.09. The van der Waals surface area contributed by atoms with Crippen molar-refractivity contribution in [1.29, 1.82) is 5.26 Å². The van der Waals surface area contributed by atoms with Crippen LogP contribution in [-0.2, 0) is 6.54 Å². The van der Waals surface area contributed by atoms with Crippen molar-refractivity contribution in [3.05, 3.63) is 29.8 Å². The molecule has 0 radical (unpaired) electrons. The van der Waals surface area contributed by atoms with Gasteiger partial charge in [-0.25, -0.2) is 0 Å². The Hall–Kier alpha value is -1.14.